The molecule has 5 nitrogen and oxygen atoms in total. The van der Waals surface area contributed by atoms with Crippen molar-refractivity contribution in [3.05, 3.63) is 50.4 Å². The molecule has 3 rings (SSSR count). The first kappa shape index (κ1) is 19.3. The maximum atomic E-state index is 13.8. The summed E-state index contributed by atoms with van der Waals surface area (Å²) in [5.74, 6) is -0.925. The van der Waals surface area contributed by atoms with Crippen LogP contribution in [0.15, 0.2) is 29.2 Å². The van der Waals surface area contributed by atoms with E-state index in [0.717, 1.165) is 43.4 Å². The molecule has 1 amide bonds. The van der Waals surface area contributed by atoms with Crippen molar-refractivity contribution in [2.24, 2.45) is 5.92 Å². The predicted octanol–water partition coefficient (Wildman–Crippen LogP) is 3.68. The molecule has 0 spiro atoms. The highest BCUT2D eigenvalue weighted by Gasteiger charge is 2.24. The molecule has 0 bridgehead atoms. The Balaban J connectivity index is 1.70. The Labute approximate surface area is 160 Å². The number of aryl methyl sites for hydroxylation is 1. The van der Waals surface area contributed by atoms with Crippen molar-refractivity contribution >= 4 is 38.9 Å². The van der Waals surface area contributed by atoms with Crippen molar-refractivity contribution in [3.63, 3.8) is 0 Å². The van der Waals surface area contributed by atoms with Crippen molar-refractivity contribution in [1.29, 1.82) is 0 Å². The van der Waals surface area contributed by atoms with Gasteiger partial charge in [0.1, 0.15) is 10.7 Å². The number of amides is 1. The van der Waals surface area contributed by atoms with Crippen LogP contribution in [0.3, 0.4) is 0 Å². The standard InChI is InChI=1S/C17H18ClFN2O3S2/c1-2-10-3-5-14-11(7-10)8-15(25-14)17(22)20-21-26(23,24)16-6-4-12(18)9-13(16)19/h4,6,8-10,21H,2-3,5,7H2,1H3,(H,20,22)/t10-/m0/s1. The van der Waals surface area contributed by atoms with Crippen LogP contribution in [0.4, 0.5) is 4.39 Å². The number of hydrogen-bond donors (Lipinski definition) is 2. The fraction of sp³-hybridized carbons (Fsp3) is 0.353. The molecule has 2 aromatic rings. The van der Waals surface area contributed by atoms with E-state index in [-0.39, 0.29) is 5.02 Å². The van der Waals surface area contributed by atoms with Crippen LogP contribution in [0.1, 0.15) is 39.9 Å². The van der Waals surface area contributed by atoms with E-state index in [0.29, 0.717) is 10.8 Å². The van der Waals surface area contributed by atoms with Gasteiger partial charge in [-0.1, -0.05) is 24.9 Å². The molecule has 0 unspecified atom stereocenters. The predicted molar refractivity (Wildman–Crippen MR) is 99.3 cm³/mol. The summed E-state index contributed by atoms with van der Waals surface area (Å²) < 4.78 is 38.1. The van der Waals surface area contributed by atoms with E-state index in [1.807, 2.05) is 10.9 Å². The molecule has 0 aliphatic heterocycles. The highest BCUT2D eigenvalue weighted by molar-refractivity contribution is 7.89. The van der Waals surface area contributed by atoms with Gasteiger partial charge >= 0.3 is 0 Å². The summed E-state index contributed by atoms with van der Waals surface area (Å²) in [6, 6.07) is 5.02. The lowest BCUT2D eigenvalue weighted by atomic mass is 9.87. The first-order valence-corrected chi connectivity index (χ1v) is 10.9. The van der Waals surface area contributed by atoms with E-state index in [1.54, 1.807) is 0 Å². The topological polar surface area (TPSA) is 75.3 Å². The lowest BCUT2D eigenvalue weighted by Gasteiger charge is -2.19. The van der Waals surface area contributed by atoms with E-state index in [9.17, 15) is 17.6 Å². The van der Waals surface area contributed by atoms with Crippen molar-refractivity contribution in [2.75, 3.05) is 0 Å². The van der Waals surface area contributed by atoms with Gasteiger partial charge in [-0.25, -0.2) is 12.8 Å². The lowest BCUT2D eigenvalue weighted by molar-refractivity contribution is 0.0949. The van der Waals surface area contributed by atoms with Crippen molar-refractivity contribution in [2.45, 2.75) is 37.5 Å². The summed E-state index contributed by atoms with van der Waals surface area (Å²) in [7, 11) is -4.24. The zero-order valence-corrected chi connectivity index (χ0v) is 16.4. The van der Waals surface area contributed by atoms with Crippen LogP contribution in [-0.4, -0.2) is 14.3 Å². The van der Waals surface area contributed by atoms with E-state index in [2.05, 4.69) is 12.3 Å². The number of carbonyl (C=O) groups excluding carboxylic acids is 1. The maximum Gasteiger partial charge on any atom is 0.276 e. The van der Waals surface area contributed by atoms with E-state index < -0.39 is 26.6 Å². The summed E-state index contributed by atoms with van der Waals surface area (Å²) >= 11 is 6.99. The van der Waals surface area contributed by atoms with Gasteiger partial charge in [0.05, 0.1) is 4.88 Å². The number of thiophene rings is 1. The third-order valence-corrected chi connectivity index (χ3v) is 7.22. The molecule has 1 aromatic heterocycles. The quantitative estimate of drug-likeness (QED) is 0.730. The summed E-state index contributed by atoms with van der Waals surface area (Å²) in [5, 5.41) is 0.0834. The number of rotatable bonds is 5. The molecule has 1 aromatic carbocycles. The molecule has 1 aliphatic carbocycles. The van der Waals surface area contributed by atoms with Gasteiger partial charge in [-0.05, 0) is 55.0 Å². The first-order chi connectivity index (χ1) is 12.3. The second-order valence-corrected chi connectivity index (χ2v) is 9.43. The largest absolute Gasteiger partial charge is 0.276 e. The van der Waals surface area contributed by atoms with Gasteiger partial charge in [-0.3, -0.25) is 10.2 Å². The Morgan fingerprint density at radius 1 is 1.38 bits per heavy atom. The summed E-state index contributed by atoms with van der Waals surface area (Å²) in [6.07, 6.45) is 4.08. The summed E-state index contributed by atoms with van der Waals surface area (Å²) in [6.45, 7) is 2.15. The molecule has 140 valence electrons. The van der Waals surface area contributed by atoms with E-state index in [4.69, 9.17) is 11.6 Å². The third-order valence-electron chi connectivity index (χ3n) is 4.47. The normalized spacial score (nSPS) is 17.0. The second kappa shape index (κ2) is 7.64. The minimum absolute atomic E-state index is 0.0834. The number of halogens is 2. The lowest BCUT2D eigenvalue weighted by Crippen LogP contribution is -2.41. The molecule has 1 aliphatic rings. The van der Waals surface area contributed by atoms with Gasteiger partial charge in [0.15, 0.2) is 0 Å². The highest BCUT2D eigenvalue weighted by atomic mass is 35.5. The van der Waals surface area contributed by atoms with Crippen LogP contribution in [0.2, 0.25) is 5.02 Å². The zero-order chi connectivity index (χ0) is 18.9. The van der Waals surface area contributed by atoms with Crippen LogP contribution < -0.4 is 10.3 Å². The average molecular weight is 417 g/mol. The molecule has 26 heavy (non-hydrogen) atoms. The molecular weight excluding hydrogens is 399 g/mol. The minimum atomic E-state index is -4.24. The molecule has 0 saturated heterocycles. The molecule has 9 heteroatoms. The fourth-order valence-corrected chi connectivity index (χ4v) is 5.15. The second-order valence-electron chi connectivity index (χ2n) is 6.21. The molecular formula is C17H18ClFN2O3S2. The van der Waals surface area contributed by atoms with E-state index in [1.165, 1.54) is 22.3 Å². The molecule has 0 fully saturated rings. The zero-order valence-electron chi connectivity index (χ0n) is 14.0. The third kappa shape index (κ3) is 4.09. The van der Waals surface area contributed by atoms with Gasteiger partial charge in [-0.15, -0.1) is 16.2 Å². The van der Waals surface area contributed by atoms with Crippen molar-refractivity contribution in [3.8, 4) is 0 Å². The van der Waals surface area contributed by atoms with Gasteiger partial charge in [0.2, 0.25) is 0 Å². The Morgan fingerprint density at radius 2 is 2.15 bits per heavy atom. The number of hydrazine groups is 1. The number of carbonyl (C=O) groups is 1. The molecule has 1 heterocycles. The monoisotopic (exact) mass is 416 g/mol. The van der Waals surface area contributed by atoms with Crippen LogP contribution >= 0.6 is 22.9 Å². The van der Waals surface area contributed by atoms with Gasteiger partial charge in [0, 0.05) is 9.90 Å². The highest BCUT2D eigenvalue weighted by Crippen LogP contribution is 2.33. The molecule has 1 atom stereocenters. The van der Waals surface area contributed by atoms with Crippen LogP contribution in [-0.2, 0) is 22.9 Å². The number of nitrogens with one attached hydrogen (secondary N) is 2. The number of sulfonamides is 1. The average Bonchev–Trinajstić information content (AvgIpc) is 3.02. The number of benzene rings is 1. The molecule has 2 N–H and O–H groups in total. The Bertz CT molecular complexity index is 943. The van der Waals surface area contributed by atoms with Crippen LogP contribution in [0.5, 0.6) is 0 Å². The summed E-state index contributed by atoms with van der Waals surface area (Å²) in [4.78, 5) is 15.2. The van der Waals surface area contributed by atoms with Gasteiger partial charge < -0.3 is 0 Å². The van der Waals surface area contributed by atoms with Crippen LogP contribution in [0.25, 0.3) is 0 Å². The minimum Gasteiger partial charge on any atom is -0.273 e. The summed E-state index contributed by atoms with van der Waals surface area (Å²) in [5.41, 5.74) is 3.31. The Kier molecular flexibility index (Phi) is 5.67. The fourth-order valence-electron chi connectivity index (χ4n) is 2.98. The SMILES string of the molecule is CC[C@H]1CCc2sc(C(=O)NNS(=O)(=O)c3ccc(Cl)cc3F)cc2C1. The van der Waals surface area contributed by atoms with E-state index >= 15 is 0 Å². The smallest absolute Gasteiger partial charge is 0.273 e. The van der Waals surface area contributed by atoms with Crippen molar-refractivity contribution in [1.82, 2.24) is 10.3 Å². The Morgan fingerprint density at radius 3 is 2.85 bits per heavy atom. The van der Waals surface area contributed by atoms with Crippen molar-refractivity contribution < 1.29 is 17.6 Å². The molecule has 0 radical (unpaired) electrons. The van der Waals surface area contributed by atoms with Gasteiger partial charge in [-0.2, -0.15) is 0 Å². The van der Waals surface area contributed by atoms with Gasteiger partial charge in [0.25, 0.3) is 15.9 Å². The maximum absolute atomic E-state index is 13.8. The number of fused-ring (bicyclic) bond motifs is 1. The van der Waals surface area contributed by atoms with Crippen LogP contribution in [0, 0.1) is 11.7 Å². The first-order valence-electron chi connectivity index (χ1n) is 8.19. The Hall–Kier alpha value is -1.48. The number of hydrogen-bond acceptors (Lipinski definition) is 4. The molecule has 0 saturated carbocycles.